The quantitative estimate of drug-likeness (QED) is 0.459. The minimum Gasteiger partial charge on any atom is -0.497 e. The summed E-state index contributed by atoms with van der Waals surface area (Å²) < 4.78 is 10.3. The summed E-state index contributed by atoms with van der Waals surface area (Å²) in [5.74, 6) is 0.518. The molecule has 0 aliphatic rings. The lowest BCUT2D eigenvalue weighted by Gasteiger charge is -2.20. The molecule has 2 aromatic carbocycles. The van der Waals surface area contributed by atoms with Gasteiger partial charge in [-0.2, -0.15) is 0 Å². The molecule has 3 aromatic rings. The number of hydrogen-bond donors (Lipinski definition) is 2. The summed E-state index contributed by atoms with van der Waals surface area (Å²) in [7, 11) is 1.67. The van der Waals surface area contributed by atoms with E-state index in [4.69, 9.17) is 9.47 Å². The maximum absolute atomic E-state index is 13.2. The van der Waals surface area contributed by atoms with Crippen LogP contribution in [0.5, 0.6) is 11.6 Å². The van der Waals surface area contributed by atoms with Crippen molar-refractivity contribution >= 4 is 30.8 Å². The van der Waals surface area contributed by atoms with Gasteiger partial charge in [-0.3, -0.25) is 9.59 Å². The van der Waals surface area contributed by atoms with Crippen LogP contribution in [0.15, 0.2) is 66.9 Å². The van der Waals surface area contributed by atoms with Gasteiger partial charge in [-0.05, 0) is 35.4 Å². The Labute approximate surface area is 201 Å². The second kappa shape index (κ2) is 11.0. The van der Waals surface area contributed by atoms with Crippen molar-refractivity contribution in [3.63, 3.8) is 0 Å². The molecule has 0 spiro atoms. The third-order valence-corrected chi connectivity index (χ3v) is 7.47. The van der Waals surface area contributed by atoms with Crippen LogP contribution in [0.2, 0.25) is 19.6 Å². The Balaban J connectivity index is 1.77. The van der Waals surface area contributed by atoms with Crippen molar-refractivity contribution in [3.8, 4) is 11.6 Å². The van der Waals surface area contributed by atoms with Crippen LogP contribution in [-0.4, -0.2) is 39.1 Å². The first-order valence-corrected chi connectivity index (χ1v) is 14.5. The third kappa shape index (κ3) is 6.68. The van der Waals surface area contributed by atoms with E-state index in [-0.39, 0.29) is 18.2 Å². The van der Waals surface area contributed by atoms with Gasteiger partial charge in [-0.1, -0.05) is 55.2 Å². The zero-order valence-corrected chi connectivity index (χ0v) is 21.2. The van der Waals surface area contributed by atoms with Crippen LogP contribution in [-0.2, 0) is 16.0 Å². The van der Waals surface area contributed by atoms with Gasteiger partial charge in [-0.25, -0.2) is 4.98 Å². The zero-order valence-electron chi connectivity index (χ0n) is 20.2. The minimum absolute atomic E-state index is 0.0852. The molecule has 1 unspecified atom stereocenters. The molecule has 3 rings (SSSR count). The Bertz CT molecular complexity index is 1110. The van der Waals surface area contributed by atoms with E-state index < -0.39 is 14.1 Å². The van der Waals surface area contributed by atoms with E-state index in [9.17, 15) is 9.59 Å². The number of pyridine rings is 1. The second-order valence-corrected chi connectivity index (χ2v) is 14.1. The van der Waals surface area contributed by atoms with Crippen molar-refractivity contribution in [1.82, 2.24) is 10.3 Å². The van der Waals surface area contributed by atoms with Crippen LogP contribution < -0.4 is 25.3 Å². The zero-order chi connectivity index (χ0) is 24.7. The maximum Gasteiger partial charge on any atom is 0.251 e. The monoisotopic (exact) mass is 477 g/mol. The molecule has 1 atom stereocenters. The molecule has 0 aliphatic carbocycles. The van der Waals surface area contributed by atoms with Gasteiger partial charge in [0.2, 0.25) is 11.8 Å². The number of hydrogen-bond acceptors (Lipinski definition) is 5. The van der Waals surface area contributed by atoms with Gasteiger partial charge >= 0.3 is 0 Å². The van der Waals surface area contributed by atoms with Gasteiger partial charge in [0, 0.05) is 18.0 Å². The number of ether oxygens (including phenoxy) is 2. The molecule has 1 heterocycles. The maximum atomic E-state index is 13.2. The molecule has 0 saturated carbocycles. The van der Waals surface area contributed by atoms with E-state index in [1.54, 1.807) is 49.7 Å². The van der Waals surface area contributed by atoms with E-state index in [1.807, 2.05) is 12.1 Å². The van der Waals surface area contributed by atoms with Crippen molar-refractivity contribution in [2.24, 2.45) is 0 Å². The van der Waals surface area contributed by atoms with Crippen LogP contribution in [0.4, 0.5) is 5.69 Å². The average molecular weight is 478 g/mol. The molecular formula is C26H31N3O4Si. The van der Waals surface area contributed by atoms with Gasteiger partial charge < -0.3 is 20.1 Å². The molecule has 7 nitrogen and oxygen atoms in total. The number of anilines is 1. The van der Waals surface area contributed by atoms with Crippen molar-refractivity contribution in [2.45, 2.75) is 32.1 Å². The summed E-state index contributed by atoms with van der Waals surface area (Å²) in [6.45, 7) is 6.82. The molecule has 178 valence electrons. The first kappa shape index (κ1) is 25.0. The molecule has 0 saturated heterocycles. The highest BCUT2D eigenvalue weighted by molar-refractivity contribution is 6.88. The number of amides is 2. The first-order valence-electron chi connectivity index (χ1n) is 11.0. The topological polar surface area (TPSA) is 89.6 Å². The van der Waals surface area contributed by atoms with Crippen molar-refractivity contribution in [1.29, 1.82) is 0 Å². The number of carbonyl (C=O) groups excluding carboxylic acids is 2. The summed E-state index contributed by atoms with van der Waals surface area (Å²) >= 11 is 0. The third-order valence-electron chi connectivity index (χ3n) is 5.41. The largest absolute Gasteiger partial charge is 0.497 e. The number of nitrogens with one attached hydrogen (secondary N) is 2. The number of carbonyl (C=O) groups is 2. The number of aromatic nitrogens is 1. The van der Waals surface area contributed by atoms with Gasteiger partial charge in [0.05, 0.1) is 28.7 Å². The van der Waals surface area contributed by atoms with E-state index in [0.29, 0.717) is 28.4 Å². The smallest absolute Gasteiger partial charge is 0.251 e. The van der Waals surface area contributed by atoms with Gasteiger partial charge in [0.1, 0.15) is 11.8 Å². The predicted molar refractivity (Wildman–Crippen MR) is 136 cm³/mol. The lowest BCUT2D eigenvalue weighted by molar-refractivity contribution is -0.126. The lowest BCUT2D eigenvalue weighted by atomic mass is 10.0. The minimum atomic E-state index is -1.44. The molecule has 2 N–H and O–H groups in total. The Morgan fingerprint density at radius 3 is 2.12 bits per heavy atom. The first-order chi connectivity index (χ1) is 16.2. The molecule has 8 heteroatoms. The van der Waals surface area contributed by atoms with E-state index >= 15 is 0 Å². The van der Waals surface area contributed by atoms with Crippen LogP contribution in [0.25, 0.3) is 0 Å². The lowest BCUT2D eigenvalue weighted by Crippen LogP contribution is -2.38. The molecule has 1 aromatic heterocycles. The Morgan fingerprint density at radius 2 is 1.59 bits per heavy atom. The summed E-state index contributed by atoms with van der Waals surface area (Å²) in [6, 6.07) is 17.6. The SMILES string of the molecule is COc1ccc(C(NC(=O)Cc2ccc(OC)nc2)C(=O)Nc2ccc([Si](C)(C)C)cc2)cc1. The Morgan fingerprint density at radius 1 is 0.912 bits per heavy atom. The van der Waals surface area contributed by atoms with Crippen molar-refractivity contribution in [2.75, 3.05) is 19.5 Å². The summed E-state index contributed by atoms with van der Waals surface area (Å²) in [4.78, 5) is 30.2. The van der Waals surface area contributed by atoms with E-state index in [1.165, 1.54) is 12.3 Å². The molecular weight excluding hydrogens is 446 g/mol. The summed E-state index contributed by atoms with van der Waals surface area (Å²) in [6.07, 6.45) is 1.67. The summed E-state index contributed by atoms with van der Waals surface area (Å²) in [5, 5.41) is 7.10. The van der Waals surface area contributed by atoms with Gasteiger partial charge in [0.25, 0.3) is 5.91 Å². The van der Waals surface area contributed by atoms with Crippen molar-refractivity contribution < 1.29 is 19.1 Å². The summed E-state index contributed by atoms with van der Waals surface area (Å²) in [5.41, 5.74) is 2.05. The average Bonchev–Trinajstić information content (AvgIpc) is 2.83. The Kier molecular flexibility index (Phi) is 8.07. The van der Waals surface area contributed by atoms with Crippen LogP contribution in [0.3, 0.4) is 0 Å². The fourth-order valence-electron chi connectivity index (χ4n) is 3.40. The number of benzene rings is 2. The molecule has 0 aliphatic heterocycles. The molecule has 34 heavy (non-hydrogen) atoms. The highest BCUT2D eigenvalue weighted by atomic mass is 28.3. The molecule has 0 bridgehead atoms. The number of nitrogens with zero attached hydrogens (tertiary/aromatic N) is 1. The van der Waals surface area contributed by atoms with E-state index in [2.05, 4.69) is 47.4 Å². The van der Waals surface area contributed by atoms with Crippen LogP contribution in [0.1, 0.15) is 17.2 Å². The van der Waals surface area contributed by atoms with Crippen LogP contribution >= 0.6 is 0 Å². The second-order valence-electron chi connectivity index (χ2n) is 8.98. The normalized spacial score (nSPS) is 11.9. The highest BCUT2D eigenvalue weighted by Crippen LogP contribution is 2.20. The van der Waals surface area contributed by atoms with Gasteiger partial charge in [-0.15, -0.1) is 0 Å². The fraction of sp³-hybridized carbons (Fsp3) is 0.269. The predicted octanol–water partition coefficient (Wildman–Crippen LogP) is 3.68. The Hall–Kier alpha value is -3.65. The standard InChI is InChI=1S/C26H31N3O4Si/c1-32-21-11-7-19(8-12-21)25(29-23(30)16-18-6-15-24(33-2)27-17-18)26(31)28-20-9-13-22(14-10-20)34(3,4)5/h6-15,17,25H,16H2,1-5H3,(H,28,31)(H,29,30). The highest BCUT2D eigenvalue weighted by Gasteiger charge is 2.24. The van der Waals surface area contributed by atoms with E-state index in [0.717, 1.165) is 0 Å². The number of rotatable bonds is 9. The van der Waals surface area contributed by atoms with Crippen LogP contribution in [0, 0.1) is 0 Å². The van der Waals surface area contributed by atoms with Gasteiger partial charge in [0.15, 0.2) is 0 Å². The molecule has 0 fully saturated rings. The molecule has 0 radical (unpaired) electrons. The fourth-order valence-corrected chi connectivity index (χ4v) is 4.56. The van der Waals surface area contributed by atoms with Crippen molar-refractivity contribution in [3.05, 3.63) is 78.0 Å². The molecule has 2 amide bonds. The number of methoxy groups -OCH3 is 2.